The number of benzene rings is 3. The van der Waals surface area contributed by atoms with Crippen molar-refractivity contribution >= 4 is 29.1 Å². The Kier molecular flexibility index (Phi) is 7.90. The molecule has 0 radical (unpaired) electrons. The fraction of sp³-hybridized carbons (Fsp3) is 0.231. The molecular formula is C26H27ClN2O3. The van der Waals surface area contributed by atoms with Gasteiger partial charge < -0.3 is 15.4 Å². The molecule has 0 bridgehead atoms. The minimum absolute atomic E-state index is 0.241. The van der Waals surface area contributed by atoms with Crippen molar-refractivity contribution in [1.29, 1.82) is 0 Å². The van der Waals surface area contributed by atoms with E-state index in [9.17, 15) is 9.59 Å². The second-order valence-corrected chi connectivity index (χ2v) is 8.04. The van der Waals surface area contributed by atoms with Crippen LogP contribution < -0.4 is 15.4 Å². The third kappa shape index (κ3) is 6.11. The smallest absolute Gasteiger partial charge is 0.265 e. The number of ether oxygens (including phenoxy) is 1. The lowest BCUT2D eigenvalue weighted by Gasteiger charge is -2.17. The summed E-state index contributed by atoms with van der Waals surface area (Å²) < 4.78 is 5.81. The van der Waals surface area contributed by atoms with Crippen molar-refractivity contribution < 1.29 is 14.3 Å². The predicted molar refractivity (Wildman–Crippen MR) is 129 cm³/mol. The van der Waals surface area contributed by atoms with Gasteiger partial charge in [0.25, 0.3) is 11.8 Å². The molecule has 2 N–H and O–H groups in total. The van der Waals surface area contributed by atoms with E-state index in [-0.39, 0.29) is 11.8 Å². The molecule has 0 saturated heterocycles. The van der Waals surface area contributed by atoms with Crippen LogP contribution in [0.25, 0.3) is 0 Å². The lowest BCUT2D eigenvalue weighted by atomic mass is 10.1. The Labute approximate surface area is 193 Å². The molecule has 0 aliphatic rings. The minimum Gasteiger partial charge on any atom is -0.481 e. The molecule has 166 valence electrons. The van der Waals surface area contributed by atoms with Gasteiger partial charge in [0.05, 0.1) is 11.3 Å². The van der Waals surface area contributed by atoms with E-state index in [2.05, 4.69) is 10.6 Å². The first kappa shape index (κ1) is 23.4. The molecule has 0 saturated carbocycles. The van der Waals surface area contributed by atoms with Crippen molar-refractivity contribution in [2.75, 3.05) is 11.9 Å². The van der Waals surface area contributed by atoms with Crippen molar-refractivity contribution in [2.24, 2.45) is 0 Å². The number of anilines is 1. The highest BCUT2D eigenvalue weighted by molar-refractivity contribution is 6.32. The van der Waals surface area contributed by atoms with Crippen molar-refractivity contribution in [1.82, 2.24) is 5.32 Å². The fourth-order valence-corrected chi connectivity index (χ4v) is 3.43. The van der Waals surface area contributed by atoms with E-state index in [0.717, 1.165) is 23.1 Å². The molecule has 32 heavy (non-hydrogen) atoms. The van der Waals surface area contributed by atoms with Crippen LogP contribution in [0.3, 0.4) is 0 Å². The van der Waals surface area contributed by atoms with Crippen LogP contribution in [-0.4, -0.2) is 24.5 Å². The Bertz CT molecular complexity index is 1080. The fourth-order valence-electron chi connectivity index (χ4n) is 3.32. The lowest BCUT2D eigenvalue weighted by Crippen LogP contribution is -2.32. The van der Waals surface area contributed by atoms with Crippen LogP contribution in [0.1, 0.15) is 34.0 Å². The molecule has 0 unspecified atom stereocenters. The molecule has 0 aromatic heterocycles. The van der Waals surface area contributed by atoms with Gasteiger partial charge in [-0.15, -0.1) is 0 Å². The van der Waals surface area contributed by atoms with Gasteiger partial charge >= 0.3 is 0 Å². The van der Waals surface area contributed by atoms with Crippen LogP contribution in [0.15, 0.2) is 66.7 Å². The Morgan fingerprint density at radius 2 is 1.59 bits per heavy atom. The number of carbonyl (C=O) groups is 2. The quantitative estimate of drug-likeness (QED) is 0.487. The van der Waals surface area contributed by atoms with Crippen molar-refractivity contribution in [2.45, 2.75) is 33.3 Å². The third-order valence-electron chi connectivity index (χ3n) is 5.06. The molecule has 3 aromatic carbocycles. The zero-order valence-corrected chi connectivity index (χ0v) is 19.2. The molecule has 0 fully saturated rings. The molecule has 0 spiro atoms. The minimum atomic E-state index is -0.760. The highest BCUT2D eigenvalue weighted by atomic mass is 35.5. The maximum absolute atomic E-state index is 12.7. The maximum atomic E-state index is 12.7. The number of amides is 2. The average Bonchev–Trinajstić information content (AvgIpc) is 2.78. The Morgan fingerprint density at radius 3 is 2.28 bits per heavy atom. The number of nitrogens with one attached hydrogen (secondary N) is 2. The Balaban J connectivity index is 1.62. The zero-order valence-electron chi connectivity index (χ0n) is 18.4. The number of hydrogen-bond donors (Lipinski definition) is 2. The first-order valence-corrected chi connectivity index (χ1v) is 10.9. The number of rotatable bonds is 8. The van der Waals surface area contributed by atoms with Gasteiger partial charge in [0.15, 0.2) is 6.10 Å². The van der Waals surface area contributed by atoms with Crippen molar-refractivity contribution in [3.8, 4) is 5.75 Å². The summed E-state index contributed by atoms with van der Waals surface area (Å²) in [6, 6.07) is 20.5. The summed E-state index contributed by atoms with van der Waals surface area (Å²) in [6.07, 6.45) is -0.0319. The molecule has 6 heteroatoms. The van der Waals surface area contributed by atoms with Gasteiger partial charge in [-0.25, -0.2) is 0 Å². The largest absolute Gasteiger partial charge is 0.481 e. The summed E-state index contributed by atoms with van der Waals surface area (Å²) in [6.45, 7) is 5.94. The third-order valence-corrected chi connectivity index (χ3v) is 5.66. The summed E-state index contributed by atoms with van der Waals surface area (Å²) >= 11 is 6.20. The molecule has 0 aliphatic carbocycles. The summed E-state index contributed by atoms with van der Waals surface area (Å²) in [5.74, 6) is -0.0202. The van der Waals surface area contributed by atoms with E-state index < -0.39 is 6.10 Å². The molecule has 0 aliphatic heterocycles. The molecule has 3 rings (SSSR count). The molecule has 1 atom stereocenters. The SMILES string of the molecule is Cc1cc(O[C@@H](C)C(=O)Nc2ccccc2C(=O)NCCc2ccccc2)cc(C)c1Cl. The van der Waals surface area contributed by atoms with Gasteiger partial charge in [-0.2, -0.15) is 0 Å². The van der Waals surface area contributed by atoms with Crippen LogP contribution >= 0.6 is 11.6 Å². The van der Waals surface area contributed by atoms with Crippen LogP contribution in [0, 0.1) is 13.8 Å². The number of aryl methyl sites for hydroxylation is 2. The summed E-state index contributed by atoms with van der Waals surface area (Å²) in [4.78, 5) is 25.4. The van der Waals surface area contributed by atoms with Crippen LogP contribution in [0.2, 0.25) is 5.02 Å². The Hall–Kier alpha value is -3.31. The summed E-state index contributed by atoms with van der Waals surface area (Å²) in [5, 5.41) is 6.41. The Morgan fingerprint density at radius 1 is 0.969 bits per heavy atom. The lowest BCUT2D eigenvalue weighted by molar-refractivity contribution is -0.122. The van der Waals surface area contributed by atoms with Gasteiger partial charge in [-0.1, -0.05) is 54.1 Å². The molecular weight excluding hydrogens is 424 g/mol. The normalized spacial score (nSPS) is 11.5. The van der Waals surface area contributed by atoms with Gasteiger partial charge in [0.1, 0.15) is 5.75 Å². The van der Waals surface area contributed by atoms with Gasteiger partial charge in [-0.05, 0) is 68.1 Å². The number of carbonyl (C=O) groups excluding carboxylic acids is 2. The van der Waals surface area contributed by atoms with Crippen molar-refractivity contribution in [3.63, 3.8) is 0 Å². The van der Waals surface area contributed by atoms with E-state index in [1.54, 1.807) is 43.3 Å². The van der Waals surface area contributed by atoms with Gasteiger partial charge in [0.2, 0.25) is 0 Å². The zero-order chi connectivity index (χ0) is 23.1. The van der Waals surface area contributed by atoms with Gasteiger partial charge in [-0.3, -0.25) is 9.59 Å². The van der Waals surface area contributed by atoms with Gasteiger partial charge in [0, 0.05) is 11.6 Å². The summed E-state index contributed by atoms with van der Waals surface area (Å²) in [7, 11) is 0. The first-order valence-electron chi connectivity index (χ1n) is 10.5. The van der Waals surface area contributed by atoms with Crippen LogP contribution in [0.4, 0.5) is 5.69 Å². The standard InChI is InChI=1S/C26H27ClN2O3/c1-17-15-21(16-18(2)24(17)27)32-19(3)25(30)29-23-12-8-7-11-22(23)26(31)28-14-13-20-9-5-4-6-10-20/h4-12,15-16,19H,13-14H2,1-3H3,(H,28,31)(H,29,30)/t19-/m0/s1. The average molecular weight is 451 g/mol. The van der Waals surface area contributed by atoms with Crippen LogP contribution in [0.5, 0.6) is 5.75 Å². The number of para-hydroxylation sites is 1. The molecule has 0 heterocycles. The van der Waals surface area contributed by atoms with Crippen LogP contribution in [-0.2, 0) is 11.2 Å². The predicted octanol–water partition coefficient (Wildman–Crippen LogP) is 5.34. The molecule has 5 nitrogen and oxygen atoms in total. The van der Waals surface area contributed by atoms with E-state index >= 15 is 0 Å². The van der Waals surface area contributed by atoms with Crippen molar-refractivity contribution in [3.05, 3.63) is 94.0 Å². The van der Waals surface area contributed by atoms with E-state index in [4.69, 9.17) is 16.3 Å². The maximum Gasteiger partial charge on any atom is 0.265 e. The molecule has 3 aromatic rings. The monoisotopic (exact) mass is 450 g/mol. The highest BCUT2D eigenvalue weighted by Gasteiger charge is 2.19. The summed E-state index contributed by atoms with van der Waals surface area (Å²) in [5.41, 5.74) is 3.75. The molecule has 2 amide bonds. The second-order valence-electron chi connectivity index (χ2n) is 7.66. The number of halogens is 1. The van der Waals surface area contributed by atoms with E-state index in [0.29, 0.717) is 28.6 Å². The first-order chi connectivity index (χ1) is 15.3. The van der Waals surface area contributed by atoms with E-state index in [1.165, 1.54) is 0 Å². The topological polar surface area (TPSA) is 67.4 Å². The van der Waals surface area contributed by atoms with E-state index in [1.807, 2.05) is 44.2 Å². The second kappa shape index (κ2) is 10.8. The number of hydrogen-bond acceptors (Lipinski definition) is 3. The highest BCUT2D eigenvalue weighted by Crippen LogP contribution is 2.26.